The van der Waals surface area contributed by atoms with E-state index >= 15 is 0 Å². The van der Waals surface area contributed by atoms with Gasteiger partial charge in [0.05, 0.1) is 17.1 Å². The molecule has 2 N–H and O–H groups in total. The Morgan fingerprint density at radius 2 is 1.84 bits per heavy atom. The Morgan fingerprint density at radius 3 is 2.53 bits per heavy atom. The maximum Gasteiger partial charge on any atom is 0.264 e. The molecule has 0 aromatic heterocycles. The van der Waals surface area contributed by atoms with Crippen molar-refractivity contribution in [3.63, 3.8) is 0 Å². The number of amides is 2. The third kappa shape index (κ3) is 5.66. The van der Waals surface area contributed by atoms with Crippen molar-refractivity contribution in [3.8, 4) is 5.75 Å². The number of benzene rings is 2. The van der Waals surface area contributed by atoms with Gasteiger partial charge in [0.25, 0.3) is 21.8 Å². The summed E-state index contributed by atoms with van der Waals surface area (Å²) in [6.45, 7) is 6.59. The van der Waals surface area contributed by atoms with Gasteiger partial charge < -0.3 is 10.1 Å². The molecular formula is C23H29N3O5S. The SMILES string of the molecule is CCOc1ccc(S(=O)(=O)NC(=O)c2ccccc2)cc1C(=O)NCC1CCCN1CC. The van der Waals surface area contributed by atoms with Gasteiger partial charge in [-0.05, 0) is 63.2 Å². The summed E-state index contributed by atoms with van der Waals surface area (Å²) >= 11 is 0. The Labute approximate surface area is 189 Å². The smallest absolute Gasteiger partial charge is 0.264 e. The zero-order chi connectivity index (χ0) is 23.1. The number of rotatable bonds is 9. The first-order valence-electron chi connectivity index (χ1n) is 10.8. The highest BCUT2D eigenvalue weighted by molar-refractivity contribution is 7.90. The van der Waals surface area contributed by atoms with Crippen molar-refractivity contribution in [2.75, 3.05) is 26.2 Å². The highest BCUT2D eigenvalue weighted by Gasteiger charge is 2.25. The predicted octanol–water partition coefficient (Wildman–Crippen LogP) is 2.42. The summed E-state index contributed by atoms with van der Waals surface area (Å²) in [5.74, 6) is -0.869. The molecule has 0 spiro atoms. The summed E-state index contributed by atoms with van der Waals surface area (Å²) in [6, 6.07) is 12.3. The van der Waals surface area contributed by atoms with Crippen molar-refractivity contribution < 1.29 is 22.7 Å². The Hall–Kier alpha value is -2.91. The molecule has 1 fully saturated rings. The first kappa shape index (κ1) is 23.7. The Bertz CT molecular complexity index is 1060. The summed E-state index contributed by atoms with van der Waals surface area (Å²) in [5, 5.41) is 2.91. The number of hydrogen-bond acceptors (Lipinski definition) is 6. The zero-order valence-corrected chi connectivity index (χ0v) is 19.2. The van der Waals surface area contributed by atoms with Crippen LogP contribution in [0.3, 0.4) is 0 Å². The molecule has 172 valence electrons. The minimum absolute atomic E-state index is 0.114. The largest absolute Gasteiger partial charge is 0.493 e. The molecule has 0 bridgehead atoms. The summed E-state index contributed by atoms with van der Waals surface area (Å²) in [4.78, 5) is 27.4. The van der Waals surface area contributed by atoms with Crippen LogP contribution in [0.4, 0.5) is 0 Å². The molecule has 1 aliphatic heterocycles. The molecule has 1 saturated heterocycles. The van der Waals surface area contributed by atoms with Crippen LogP contribution in [0, 0.1) is 0 Å². The Morgan fingerprint density at radius 1 is 1.09 bits per heavy atom. The molecule has 2 aromatic carbocycles. The van der Waals surface area contributed by atoms with E-state index in [9.17, 15) is 18.0 Å². The second kappa shape index (κ2) is 10.6. The molecule has 1 unspecified atom stereocenters. The van der Waals surface area contributed by atoms with Gasteiger partial charge in [-0.25, -0.2) is 13.1 Å². The van der Waals surface area contributed by atoms with Crippen LogP contribution in [0.2, 0.25) is 0 Å². The molecule has 2 amide bonds. The summed E-state index contributed by atoms with van der Waals surface area (Å²) in [7, 11) is -4.18. The normalized spacial score (nSPS) is 16.5. The minimum Gasteiger partial charge on any atom is -0.493 e. The number of likely N-dealkylation sites (tertiary alicyclic amines) is 1. The number of nitrogens with zero attached hydrogens (tertiary/aromatic N) is 1. The fourth-order valence-corrected chi connectivity index (χ4v) is 4.81. The van der Waals surface area contributed by atoms with E-state index < -0.39 is 21.8 Å². The highest BCUT2D eigenvalue weighted by atomic mass is 32.2. The molecule has 9 heteroatoms. The van der Waals surface area contributed by atoms with Gasteiger partial charge in [0.15, 0.2) is 0 Å². The molecule has 0 aliphatic carbocycles. The highest BCUT2D eigenvalue weighted by Crippen LogP contribution is 2.24. The standard InChI is InChI=1S/C23H29N3O5S/c1-3-26-14-8-11-18(26)16-24-23(28)20-15-19(12-13-21(20)31-4-2)32(29,30)25-22(27)17-9-6-5-7-10-17/h5-7,9-10,12-13,15,18H,3-4,8,11,14,16H2,1-2H3,(H,24,28)(H,25,27). The van der Waals surface area contributed by atoms with Crippen LogP contribution < -0.4 is 14.8 Å². The Balaban J connectivity index is 1.80. The quantitative estimate of drug-likeness (QED) is 0.597. The van der Waals surface area contributed by atoms with Gasteiger partial charge in [-0.15, -0.1) is 0 Å². The fraction of sp³-hybridized carbons (Fsp3) is 0.391. The molecule has 8 nitrogen and oxygen atoms in total. The minimum atomic E-state index is -4.18. The molecule has 2 aromatic rings. The molecule has 0 radical (unpaired) electrons. The molecule has 3 rings (SSSR count). The lowest BCUT2D eigenvalue weighted by Gasteiger charge is -2.23. The summed E-state index contributed by atoms with van der Waals surface area (Å²) < 4.78 is 33.2. The van der Waals surface area contributed by atoms with Crippen LogP contribution in [0.15, 0.2) is 53.4 Å². The first-order chi connectivity index (χ1) is 15.4. The van der Waals surface area contributed by atoms with Crippen LogP contribution >= 0.6 is 0 Å². The van der Waals surface area contributed by atoms with Gasteiger partial charge in [-0.1, -0.05) is 25.1 Å². The third-order valence-electron chi connectivity index (χ3n) is 5.47. The lowest BCUT2D eigenvalue weighted by molar-refractivity contribution is 0.0936. The van der Waals surface area contributed by atoms with Crippen molar-refractivity contribution in [3.05, 3.63) is 59.7 Å². The van der Waals surface area contributed by atoms with Gasteiger partial charge in [-0.2, -0.15) is 0 Å². The van der Waals surface area contributed by atoms with Crippen molar-refractivity contribution in [2.24, 2.45) is 0 Å². The summed E-state index contributed by atoms with van der Waals surface area (Å²) in [6.07, 6.45) is 2.10. The van der Waals surface area contributed by atoms with Crippen LogP contribution in [-0.4, -0.2) is 57.4 Å². The number of nitrogens with one attached hydrogen (secondary N) is 2. The maximum absolute atomic E-state index is 12.9. The number of likely N-dealkylation sites (N-methyl/N-ethyl adjacent to an activating group) is 1. The van der Waals surface area contributed by atoms with Crippen LogP contribution in [0.1, 0.15) is 47.4 Å². The van der Waals surface area contributed by atoms with Crippen molar-refractivity contribution in [1.29, 1.82) is 0 Å². The number of ether oxygens (including phenoxy) is 1. The Kier molecular flexibility index (Phi) is 7.87. The number of hydrogen-bond donors (Lipinski definition) is 2. The van der Waals surface area contributed by atoms with Gasteiger partial charge in [0, 0.05) is 18.2 Å². The lowest BCUT2D eigenvalue weighted by atomic mass is 10.1. The van der Waals surface area contributed by atoms with Crippen molar-refractivity contribution in [2.45, 2.75) is 37.6 Å². The fourth-order valence-electron chi connectivity index (χ4n) is 3.81. The molecular weight excluding hydrogens is 430 g/mol. The van der Waals surface area contributed by atoms with Gasteiger partial charge in [0.2, 0.25) is 0 Å². The second-order valence-corrected chi connectivity index (χ2v) is 9.21. The van der Waals surface area contributed by atoms with Crippen LogP contribution in [0.25, 0.3) is 0 Å². The van der Waals surface area contributed by atoms with Gasteiger partial charge in [0.1, 0.15) is 5.75 Å². The van der Waals surface area contributed by atoms with Crippen LogP contribution in [-0.2, 0) is 10.0 Å². The van der Waals surface area contributed by atoms with E-state index in [1.54, 1.807) is 25.1 Å². The molecule has 1 atom stereocenters. The van der Waals surface area contributed by atoms with Gasteiger partial charge in [-0.3, -0.25) is 14.5 Å². The lowest BCUT2D eigenvalue weighted by Crippen LogP contribution is -2.40. The van der Waals surface area contributed by atoms with E-state index in [1.165, 1.54) is 30.3 Å². The van der Waals surface area contributed by atoms with Crippen LogP contribution in [0.5, 0.6) is 5.75 Å². The average molecular weight is 460 g/mol. The predicted molar refractivity (Wildman–Crippen MR) is 121 cm³/mol. The first-order valence-corrected chi connectivity index (χ1v) is 12.2. The monoisotopic (exact) mass is 459 g/mol. The van der Waals surface area contributed by atoms with E-state index in [-0.39, 0.29) is 27.8 Å². The second-order valence-electron chi connectivity index (χ2n) is 7.53. The maximum atomic E-state index is 12.9. The molecule has 0 saturated carbocycles. The van der Waals surface area contributed by atoms with E-state index in [0.717, 1.165) is 25.9 Å². The third-order valence-corrected chi connectivity index (χ3v) is 6.80. The molecule has 1 aliphatic rings. The van der Waals surface area contributed by atoms with Crippen molar-refractivity contribution in [1.82, 2.24) is 14.9 Å². The van der Waals surface area contributed by atoms with E-state index in [2.05, 4.69) is 21.9 Å². The van der Waals surface area contributed by atoms with E-state index in [0.29, 0.717) is 13.2 Å². The van der Waals surface area contributed by atoms with E-state index in [1.807, 2.05) is 0 Å². The van der Waals surface area contributed by atoms with Gasteiger partial charge >= 0.3 is 0 Å². The summed E-state index contributed by atoms with van der Waals surface area (Å²) in [5.41, 5.74) is 0.333. The molecule has 1 heterocycles. The number of carbonyl (C=O) groups is 2. The topological polar surface area (TPSA) is 105 Å². The number of sulfonamides is 1. The molecule has 32 heavy (non-hydrogen) atoms. The average Bonchev–Trinajstić information content (AvgIpc) is 3.25. The van der Waals surface area contributed by atoms with Crippen molar-refractivity contribution >= 4 is 21.8 Å². The number of carbonyl (C=O) groups excluding carboxylic acids is 2. The van der Waals surface area contributed by atoms with E-state index in [4.69, 9.17) is 4.74 Å². The zero-order valence-electron chi connectivity index (χ0n) is 18.3.